The molecular formula is C12H14ClNO3. The van der Waals surface area contributed by atoms with E-state index in [1.165, 1.54) is 4.90 Å². The lowest BCUT2D eigenvalue weighted by Gasteiger charge is -2.20. The number of carboxylic acid groups (broad SMARTS) is 1. The predicted octanol–water partition coefficient (Wildman–Crippen LogP) is 2.16. The molecule has 0 saturated carbocycles. The van der Waals surface area contributed by atoms with Crippen LogP contribution in [0.5, 0.6) is 0 Å². The van der Waals surface area contributed by atoms with Gasteiger partial charge in [-0.3, -0.25) is 9.59 Å². The van der Waals surface area contributed by atoms with Gasteiger partial charge in [-0.25, -0.2) is 0 Å². The van der Waals surface area contributed by atoms with Crippen LogP contribution in [-0.2, 0) is 16.1 Å². The van der Waals surface area contributed by atoms with E-state index in [2.05, 4.69) is 0 Å². The zero-order valence-electron chi connectivity index (χ0n) is 9.52. The van der Waals surface area contributed by atoms with E-state index >= 15 is 0 Å². The molecule has 1 amide bonds. The van der Waals surface area contributed by atoms with Crippen LogP contribution in [0, 0.1) is 0 Å². The van der Waals surface area contributed by atoms with Crippen molar-refractivity contribution in [3.8, 4) is 0 Å². The molecule has 0 atom stereocenters. The van der Waals surface area contributed by atoms with Crippen LogP contribution in [0.4, 0.5) is 0 Å². The van der Waals surface area contributed by atoms with Gasteiger partial charge in [0.2, 0.25) is 5.91 Å². The number of hydrogen-bond acceptors (Lipinski definition) is 2. The second kappa shape index (κ2) is 6.25. The normalized spacial score (nSPS) is 10.0. The maximum absolute atomic E-state index is 11.6. The van der Waals surface area contributed by atoms with E-state index < -0.39 is 5.97 Å². The predicted molar refractivity (Wildman–Crippen MR) is 64.8 cm³/mol. The SMILES string of the molecule is CCC(=O)N(CC(=O)O)Cc1ccc(Cl)cc1. The molecule has 0 unspecified atom stereocenters. The number of carboxylic acids is 1. The van der Waals surface area contributed by atoms with Crippen molar-refractivity contribution in [2.75, 3.05) is 6.54 Å². The number of hydrogen-bond donors (Lipinski definition) is 1. The molecule has 0 saturated heterocycles. The van der Waals surface area contributed by atoms with E-state index in [4.69, 9.17) is 16.7 Å². The Morgan fingerprint density at radius 2 is 1.88 bits per heavy atom. The zero-order valence-corrected chi connectivity index (χ0v) is 10.3. The number of nitrogens with zero attached hydrogens (tertiary/aromatic N) is 1. The van der Waals surface area contributed by atoms with Crippen molar-refractivity contribution in [2.24, 2.45) is 0 Å². The summed E-state index contributed by atoms with van der Waals surface area (Å²) in [6, 6.07) is 6.98. The minimum Gasteiger partial charge on any atom is -0.480 e. The van der Waals surface area contributed by atoms with E-state index in [1.54, 1.807) is 31.2 Å². The molecule has 1 aromatic rings. The standard InChI is InChI=1S/C12H14ClNO3/c1-2-11(15)14(8-12(16)17)7-9-3-5-10(13)6-4-9/h3-6H,2,7-8H2,1H3,(H,16,17). The highest BCUT2D eigenvalue weighted by Gasteiger charge is 2.15. The van der Waals surface area contributed by atoms with Gasteiger partial charge in [-0.05, 0) is 17.7 Å². The van der Waals surface area contributed by atoms with Crippen molar-refractivity contribution in [1.29, 1.82) is 0 Å². The molecule has 0 aliphatic rings. The number of rotatable bonds is 5. The van der Waals surface area contributed by atoms with Gasteiger partial charge in [0.05, 0.1) is 0 Å². The maximum atomic E-state index is 11.6. The van der Waals surface area contributed by atoms with Crippen molar-refractivity contribution in [1.82, 2.24) is 4.90 Å². The lowest BCUT2D eigenvalue weighted by atomic mass is 10.2. The summed E-state index contributed by atoms with van der Waals surface area (Å²) in [5.41, 5.74) is 0.859. The van der Waals surface area contributed by atoms with Gasteiger partial charge in [0.25, 0.3) is 0 Å². The monoisotopic (exact) mass is 255 g/mol. The van der Waals surface area contributed by atoms with E-state index in [1.807, 2.05) is 0 Å². The highest BCUT2D eigenvalue weighted by Crippen LogP contribution is 2.12. The summed E-state index contributed by atoms with van der Waals surface area (Å²) in [5, 5.41) is 9.35. The Balaban J connectivity index is 2.75. The maximum Gasteiger partial charge on any atom is 0.323 e. The Kier molecular flexibility index (Phi) is 4.97. The smallest absolute Gasteiger partial charge is 0.323 e. The first-order valence-corrected chi connectivity index (χ1v) is 5.64. The average Bonchev–Trinajstić information content (AvgIpc) is 2.29. The molecule has 1 N–H and O–H groups in total. The number of amides is 1. The molecule has 4 nitrogen and oxygen atoms in total. The Bertz CT molecular complexity index is 403. The summed E-state index contributed by atoms with van der Waals surface area (Å²) < 4.78 is 0. The molecule has 0 aliphatic heterocycles. The van der Waals surface area contributed by atoms with E-state index in [9.17, 15) is 9.59 Å². The van der Waals surface area contributed by atoms with Gasteiger partial charge >= 0.3 is 5.97 Å². The highest BCUT2D eigenvalue weighted by atomic mass is 35.5. The molecule has 0 radical (unpaired) electrons. The van der Waals surface area contributed by atoms with Crippen molar-refractivity contribution < 1.29 is 14.7 Å². The molecule has 0 aromatic heterocycles. The molecule has 92 valence electrons. The third-order valence-corrected chi connectivity index (χ3v) is 2.52. The topological polar surface area (TPSA) is 57.6 Å². The van der Waals surface area contributed by atoms with Gasteiger partial charge in [0.1, 0.15) is 6.54 Å². The fourth-order valence-corrected chi connectivity index (χ4v) is 1.56. The van der Waals surface area contributed by atoms with Gasteiger partial charge in [0.15, 0.2) is 0 Å². The van der Waals surface area contributed by atoms with Gasteiger partial charge < -0.3 is 10.0 Å². The largest absolute Gasteiger partial charge is 0.480 e. The van der Waals surface area contributed by atoms with E-state index in [0.29, 0.717) is 11.4 Å². The van der Waals surface area contributed by atoms with E-state index in [-0.39, 0.29) is 19.0 Å². The summed E-state index contributed by atoms with van der Waals surface area (Å²) >= 11 is 5.75. The van der Waals surface area contributed by atoms with Gasteiger partial charge in [-0.15, -0.1) is 0 Å². The van der Waals surface area contributed by atoms with Crippen LogP contribution in [0.3, 0.4) is 0 Å². The number of carbonyl (C=O) groups is 2. The van der Waals surface area contributed by atoms with Crippen LogP contribution in [0.15, 0.2) is 24.3 Å². The minimum absolute atomic E-state index is 0.178. The highest BCUT2D eigenvalue weighted by molar-refractivity contribution is 6.30. The third kappa shape index (κ3) is 4.44. The van der Waals surface area contributed by atoms with Crippen LogP contribution >= 0.6 is 11.6 Å². The Morgan fingerprint density at radius 1 is 1.29 bits per heavy atom. The number of aliphatic carboxylic acids is 1. The van der Waals surface area contributed by atoms with Crippen molar-refractivity contribution in [3.05, 3.63) is 34.9 Å². The molecule has 1 aromatic carbocycles. The van der Waals surface area contributed by atoms with Crippen LogP contribution in [-0.4, -0.2) is 28.4 Å². The van der Waals surface area contributed by atoms with Crippen LogP contribution in [0.1, 0.15) is 18.9 Å². The van der Waals surface area contributed by atoms with Gasteiger partial charge in [0, 0.05) is 18.0 Å². The Morgan fingerprint density at radius 3 is 2.35 bits per heavy atom. The number of halogens is 1. The Hall–Kier alpha value is -1.55. The van der Waals surface area contributed by atoms with E-state index in [0.717, 1.165) is 5.56 Å². The van der Waals surface area contributed by atoms with Crippen molar-refractivity contribution >= 4 is 23.5 Å². The number of benzene rings is 1. The zero-order chi connectivity index (χ0) is 12.8. The summed E-state index contributed by atoms with van der Waals surface area (Å²) in [6.07, 6.45) is 0.293. The van der Waals surface area contributed by atoms with Gasteiger partial charge in [-0.1, -0.05) is 30.7 Å². The second-order valence-corrected chi connectivity index (χ2v) is 4.06. The fourth-order valence-electron chi connectivity index (χ4n) is 1.43. The molecule has 0 aliphatic carbocycles. The molecule has 17 heavy (non-hydrogen) atoms. The van der Waals surface area contributed by atoms with Crippen molar-refractivity contribution in [2.45, 2.75) is 19.9 Å². The molecular weight excluding hydrogens is 242 g/mol. The van der Waals surface area contributed by atoms with Crippen LogP contribution < -0.4 is 0 Å². The molecule has 0 spiro atoms. The van der Waals surface area contributed by atoms with Crippen LogP contribution in [0.2, 0.25) is 5.02 Å². The lowest BCUT2D eigenvalue weighted by Crippen LogP contribution is -2.34. The molecule has 0 bridgehead atoms. The number of carbonyl (C=O) groups excluding carboxylic acids is 1. The quantitative estimate of drug-likeness (QED) is 0.877. The molecule has 0 fully saturated rings. The minimum atomic E-state index is -1.01. The fraction of sp³-hybridized carbons (Fsp3) is 0.333. The first-order valence-electron chi connectivity index (χ1n) is 5.27. The summed E-state index contributed by atoms with van der Waals surface area (Å²) in [5.74, 6) is -1.19. The third-order valence-electron chi connectivity index (χ3n) is 2.27. The van der Waals surface area contributed by atoms with Crippen LogP contribution in [0.25, 0.3) is 0 Å². The Labute approximate surface area is 105 Å². The first kappa shape index (κ1) is 13.5. The van der Waals surface area contributed by atoms with Crippen molar-refractivity contribution in [3.63, 3.8) is 0 Å². The average molecular weight is 256 g/mol. The lowest BCUT2D eigenvalue weighted by molar-refractivity contribution is -0.144. The molecule has 1 rings (SSSR count). The summed E-state index contributed by atoms with van der Waals surface area (Å²) in [6.45, 7) is 1.71. The molecule has 5 heteroatoms. The first-order chi connectivity index (χ1) is 8.02. The summed E-state index contributed by atoms with van der Waals surface area (Å²) in [4.78, 5) is 23.5. The molecule has 0 heterocycles. The van der Waals surface area contributed by atoms with Gasteiger partial charge in [-0.2, -0.15) is 0 Å². The summed E-state index contributed by atoms with van der Waals surface area (Å²) in [7, 11) is 0. The second-order valence-electron chi connectivity index (χ2n) is 3.62.